The van der Waals surface area contributed by atoms with Gasteiger partial charge in [-0.2, -0.15) is 0 Å². The summed E-state index contributed by atoms with van der Waals surface area (Å²) in [6.07, 6.45) is 5.71. The van der Waals surface area contributed by atoms with Crippen LogP contribution in [0, 0.1) is 41.8 Å². The number of carbonyl (C=O) groups excluding carboxylic acids is 8. The van der Waals surface area contributed by atoms with Crippen LogP contribution in [0.4, 0.5) is 10.1 Å². The molecule has 4 atom stereocenters. The molecule has 34 nitrogen and oxygen atoms in total. The van der Waals surface area contributed by atoms with E-state index in [1.54, 1.807) is 38.7 Å². The third-order valence-corrected chi connectivity index (χ3v) is 24.0. The maximum atomic E-state index is 15.5. The molecule has 0 bridgehead atoms. The Bertz CT molecular complexity index is 4680. The number of amides is 7. The molecule has 1 saturated carbocycles. The summed E-state index contributed by atoms with van der Waals surface area (Å²) in [5.74, 6) is 2.48. The number of esters is 1. The maximum absolute atomic E-state index is 15.5. The fourth-order valence-corrected chi connectivity index (χ4v) is 16.8. The van der Waals surface area contributed by atoms with E-state index in [1.165, 1.54) is 10.6 Å². The van der Waals surface area contributed by atoms with Crippen molar-refractivity contribution in [2.24, 2.45) is 23.0 Å². The molecule has 6 aliphatic rings. The Morgan fingerprint density at radius 2 is 1.15 bits per heavy atom. The van der Waals surface area contributed by atoms with Crippen molar-refractivity contribution in [3.05, 3.63) is 127 Å². The number of para-hydroxylation sites is 1. The van der Waals surface area contributed by atoms with E-state index in [0.717, 1.165) is 53.6 Å². The van der Waals surface area contributed by atoms with E-state index in [2.05, 4.69) is 38.4 Å². The van der Waals surface area contributed by atoms with Crippen molar-refractivity contribution < 1.29 is 114 Å². The lowest BCUT2D eigenvalue weighted by atomic mass is 9.65. The number of unbranched alkanes of at least 4 members (excludes halogenated alkanes) is 1. The number of aromatic nitrogens is 2. The number of pyridine rings is 2. The van der Waals surface area contributed by atoms with E-state index < -0.39 is 71.2 Å². The van der Waals surface area contributed by atoms with Crippen LogP contribution in [-0.2, 0) is 136 Å². The Morgan fingerprint density at radius 1 is 0.612 bits per heavy atom. The minimum absolute atomic E-state index is 0.00784. The summed E-state index contributed by atoms with van der Waals surface area (Å²) in [6, 6.07) is 15.7. The molecule has 5 aromatic rings. The lowest BCUT2D eigenvalue weighted by Crippen LogP contribution is -2.60. The first-order valence-electron chi connectivity index (χ1n) is 45.4. The number of nitrogens with one attached hydrogen (secondary N) is 5. The minimum atomic E-state index is -2.06. The topological polar surface area (TPSA) is 414 Å². The molecule has 35 heteroatoms. The number of hydrogen-bond acceptors (Lipinski definition) is 26. The van der Waals surface area contributed by atoms with Gasteiger partial charge in [-0.3, -0.25) is 38.4 Å². The summed E-state index contributed by atoms with van der Waals surface area (Å²) in [4.78, 5) is 130. The fourth-order valence-electron chi connectivity index (χ4n) is 16.8. The second-order valence-corrected chi connectivity index (χ2v) is 33.3. The van der Waals surface area contributed by atoms with Gasteiger partial charge in [0, 0.05) is 77.5 Å². The van der Waals surface area contributed by atoms with E-state index >= 15 is 4.39 Å². The molecule has 4 aliphatic heterocycles. The number of hydrogen-bond donors (Lipinski definition) is 7. The van der Waals surface area contributed by atoms with Crippen molar-refractivity contribution in [1.82, 2.24) is 41.0 Å². The van der Waals surface area contributed by atoms with Gasteiger partial charge in [0.25, 0.3) is 5.56 Å². The van der Waals surface area contributed by atoms with Crippen molar-refractivity contribution in [3.8, 4) is 23.2 Å². The number of halogens is 1. The Morgan fingerprint density at radius 3 is 1.71 bits per heavy atom. The molecule has 11 rings (SSSR count). The molecule has 3 aromatic carbocycles. The van der Waals surface area contributed by atoms with E-state index in [-0.39, 0.29) is 111 Å². The van der Waals surface area contributed by atoms with Gasteiger partial charge in [-0.15, -0.1) is 0 Å². The van der Waals surface area contributed by atoms with E-state index in [4.69, 9.17) is 77.0 Å². The number of aliphatic hydroxyl groups is 1. The van der Waals surface area contributed by atoms with Gasteiger partial charge in [0.2, 0.25) is 41.4 Å². The average molecular weight is 1800 g/mol. The number of likely N-dealkylation sites (tertiary alicyclic amines) is 1. The number of carbonyl (C=O) groups is 8. The van der Waals surface area contributed by atoms with Gasteiger partial charge in [-0.05, 0) is 130 Å². The van der Waals surface area contributed by atoms with Crippen LogP contribution in [0.1, 0.15) is 154 Å². The van der Waals surface area contributed by atoms with Crippen LogP contribution < -0.4 is 42.8 Å². The molecule has 706 valence electrons. The Hall–Kier alpha value is -9.33. The number of nitrogens with zero attached hydrogens (tertiary/aromatic N) is 4. The number of anilines is 1. The molecule has 6 heterocycles. The number of aryl methyl sites for hydroxylation is 1. The SMILES string of the molecule is CCC1(O)C(=O)OCc2c1cc1n(c2=O)Cc2c-1nc1cc(F)c(C)c3c1c2C(NC(=O)CNC(=O)C(CCCCN)NC(=O)C(NC(=O)CCOCCOCCOCCOCCOCCOCCOCCOCCOCCOCCOCCOCCOCCC(=O)N1CC2(CCC(C(=O)NCCC(=O)N4Cc5ccccc5C#Cc5ccccc54)CC2)C1)C(C)C)CC3. The quantitative estimate of drug-likeness (QED) is 0.0150. The van der Waals surface area contributed by atoms with Gasteiger partial charge in [0.15, 0.2) is 5.60 Å². The lowest BCUT2D eigenvalue weighted by Gasteiger charge is -2.53. The van der Waals surface area contributed by atoms with Crippen LogP contribution in [0.25, 0.3) is 22.3 Å². The summed E-state index contributed by atoms with van der Waals surface area (Å²) in [5.41, 5.74) is 10.5. The largest absolute Gasteiger partial charge is 0.458 e. The first-order chi connectivity index (χ1) is 62.7. The average Bonchev–Trinajstić information content (AvgIpc) is 1.56. The van der Waals surface area contributed by atoms with E-state index in [1.807, 2.05) is 53.4 Å². The number of cyclic esters (lactones) is 1. The van der Waals surface area contributed by atoms with Crippen molar-refractivity contribution >= 4 is 63.9 Å². The van der Waals surface area contributed by atoms with Crippen molar-refractivity contribution in [2.75, 3.05) is 209 Å². The standard InChI is InChI=1S/C94H129FN10O24/c1-5-94(115)73-56-79-87-71(60-105(79)91(113)72(73)61-129-92(94)114)85-75(20-19-70-65(4)74(95)57-77(100-87)84(70)85)99-81(107)58-98-89(111)76(15-10-11-28-96)101-90(112)86(64(2)3)102-80(106)24-30-116-32-34-118-36-38-120-40-42-122-44-46-124-48-50-126-52-54-128-55-53-127-51-49-125-47-45-123-43-41-121-39-37-119-35-33-117-31-25-82(108)103-62-93(63-103)26-21-68(22-27-93)88(110)97-29-23-83(109)104-59-69-14-7-6-12-66(69)17-18-67-13-8-9-16-78(67)104/h6-9,12-14,16,56-57,64,68,75-76,86,115H,5,10-11,15,19-55,58-63,96H2,1-4H3,(H,97,110)(H,98,111)(H,99,107)(H,101,112)(H,102,106). The summed E-state index contributed by atoms with van der Waals surface area (Å²) in [6.45, 7) is 18.4. The maximum Gasteiger partial charge on any atom is 0.343 e. The van der Waals surface area contributed by atoms with Crippen LogP contribution in [0.15, 0.2) is 65.5 Å². The summed E-state index contributed by atoms with van der Waals surface area (Å²) < 4.78 is 94.9. The molecule has 1 spiro atoms. The Kier molecular flexibility index (Phi) is 40.4. The van der Waals surface area contributed by atoms with Gasteiger partial charge in [-0.25, -0.2) is 14.2 Å². The number of rotatable bonds is 59. The first kappa shape index (κ1) is 100. The Labute approximate surface area is 752 Å². The summed E-state index contributed by atoms with van der Waals surface area (Å²) in [7, 11) is 0. The van der Waals surface area contributed by atoms with Crippen molar-refractivity contribution in [2.45, 2.75) is 155 Å². The summed E-state index contributed by atoms with van der Waals surface area (Å²) >= 11 is 0. The van der Waals surface area contributed by atoms with Crippen LogP contribution >= 0.6 is 0 Å². The highest BCUT2D eigenvalue weighted by atomic mass is 19.1. The second kappa shape index (κ2) is 52.1. The van der Waals surface area contributed by atoms with Crippen molar-refractivity contribution in [3.63, 3.8) is 0 Å². The Balaban J connectivity index is 0.418. The highest BCUT2D eigenvalue weighted by Crippen LogP contribution is 2.48. The monoisotopic (exact) mass is 1800 g/mol. The summed E-state index contributed by atoms with van der Waals surface area (Å²) in [5, 5.41) is 26.4. The number of ether oxygens (including phenoxy) is 14. The molecule has 7 amide bonds. The molecule has 2 aliphatic carbocycles. The van der Waals surface area contributed by atoms with Gasteiger partial charge < -0.3 is 118 Å². The molecule has 8 N–H and O–H groups in total. The van der Waals surface area contributed by atoms with E-state index in [9.17, 15) is 48.3 Å². The third kappa shape index (κ3) is 28.8. The van der Waals surface area contributed by atoms with Crippen LogP contribution in [0.2, 0.25) is 0 Å². The fraction of sp³-hybridized carbons (Fsp3) is 0.617. The van der Waals surface area contributed by atoms with Crippen molar-refractivity contribution in [1.29, 1.82) is 0 Å². The zero-order valence-corrected chi connectivity index (χ0v) is 75.0. The predicted octanol–water partition coefficient (Wildman–Crippen LogP) is 4.97. The molecular weight excluding hydrogens is 1670 g/mol. The number of benzene rings is 3. The van der Waals surface area contributed by atoms with Gasteiger partial charge in [0.1, 0.15) is 24.5 Å². The second-order valence-electron chi connectivity index (χ2n) is 33.3. The molecule has 2 fully saturated rings. The molecule has 4 unspecified atom stereocenters. The van der Waals surface area contributed by atoms with Gasteiger partial charge in [-0.1, -0.05) is 62.9 Å². The van der Waals surface area contributed by atoms with Crippen LogP contribution in [0.3, 0.4) is 0 Å². The molecule has 2 aromatic heterocycles. The zero-order chi connectivity index (χ0) is 91.3. The molecule has 1 saturated heterocycles. The van der Waals surface area contributed by atoms with E-state index in [0.29, 0.717) is 249 Å². The number of fused-ring (bicyclic) bond motifs is 7. The van der Waals surface area contributed by atoms with Gasteiger partial charge >= 0.3 is 5.97 Å². The zero-order valence-electron chi connectivity index (χ0n) is 75.0. The molecule has 0 radical (unpaired) electrons. The smallest absolute Gasteiger partial charge is 0.343 e. The van der Waals surface area contributed by atoms with Crippen LogP contribution in [-0.4, -0.2) is 283 Å². The molecular formula is C94H129FN10O24. The highest BCUT2D eigenvalue weighted by molar-refractivity contribution is 5.97. The third-order valence-electron chi connectivity index (χ3n) is 24.0. The number of nitrogens with two attached hydrogens (primary N) is 1. The minimum Gasteiger partial charge on any atom is -0.458 e. The van der Waals surface area contributed by atoms with Crippen LogP contribution in [0.5, 0.6) is 0 Å². The lowest BCUT2D eigenvalue weighted by molar-refractivity contribution is -0.172. The van der Waals surface area contributed by atoms with Gasteiger partial charge in [0.05, 0.1) is 232 Å². The highest BCUT2D eigenvalue weighted by Gasteiger charge is 2.49. The normalized spacial score (nSPS) is 16.9. The first-order valence-corrected chi connectivity index (χ1v) is 45.4. The molecule has 129 heavy (non-hydrogen) atoms. The predicted molar refractivity (Wildman–Crippen MR) is 472 cm³/mol.